The predicted molar refractivity (Wildman–Crippen MR) is 104 cm³/mol. The molecule has 30 heavy (non-hydrogen) atoms. The molecule has 1 saturated carbocycles. The number of hydrogen-bond donors (Lipinski definition) is 3. The van der Waals surface area contributed by atoms with Gasteiger partial charge in [-0.05, 0) is 37.1 Å². The Morgan fingerprint density at radius 3 is 2.70 bits per heavy atom. The number of carbonyl (C=O) groups is 1. The van der Waals surface area contributed by atoms with Crippen molar-refractivity contribution < 1.29 is 34.3 Å². The molecule has 0 radical (unpaired) electrons. The van der Waals surface area contributed by atoms with Crippen LogP contribution in [0.2, 0.25) is 5.02 Å². The molecule has 0 bridgehead atoms. The lowest BCUT2D eigenvalue weighted by Gasteiger charge is -2.33. The van der Waals surface area contributed by atoms with Crippen molar-refractivity contribution in [2.75, 3.05) is 6.61 Å². The summed E-state index contributed by atoms with van der Waals surface area (Å²) in [6, 6.07) is 6.75. The summed E-state index contributed by atoms with van der Waals surface area (Å²) in [7, 11) is 0. The highest BCUT2D eigenvalue weighted by molar-refractivity contribution is 6.32. The highest BCUT2D eigenvalue weighted by Gasteiger charge is 2.36. The van der Waals surface area contributed by atoms with E-state index in [1.807, 2.05) is 0 Å². The van der Waals surface area contributed by atoms with Crippen molar-refractivity contribution in [3.05, 3.63) is 41.3 Å². The van der Waals surface area contributed by atoms with Gasteiger partial charge < -0.3 is 29.5 Å². The fourth-order valence-corrected chi connectivity index (χ4v) is 3.26. The number of halogens is 1. The molecular formula is C20H21ClN2O7. The van der Waals surface area contributed by atoms with Crippen molar-refractivity contribution in [3.63, 3.8) is 0 Å². The summed E-state index contributed by atoms with van der Waals surface area (Å²) < 4.78 is 16.0. The molecule has 10 heteroatoms. The van der Waals surface area contributed by atoms with E-state index >= 15 is 0 Å². The predicted octanol–water partition coefficient (Wildman–Crippen LogP) is 1.32. The van der Waals surface area contributed by atoms with E-state index < -0.39 is 30.6 Å². The van der Waals surface area contributed by atoms with Gasteiger partial charge in [-0.15, -0.1) is 0 Å². The summed E-state index contributed by atoms with van der Waals surface area (Å²) in [6.45, 7) is -0.210. The van der Waals surface area contributed by atoms with Crippen LogP contribution in [0, 0.1) is 0 Å². The SMILES string of the molecule is O=C(OCC1CC(O)C(O)C(O)O1)c1cc(-c2ccc(OC3CC3)c(Cl)c2)ncn1. The van der Waals surface area contributed by atoms with Crippen LogP contribution in [0.5, 0.6) is 5.75 Å². The van der Waals surface area contributed by atoms with Crippen LogP contribution in [0.1, 0.15) is 29.8 Å². The Labute approximate surface area is 177 Å². The van der Waals surface area contributed by atoms with Crippen molar-refractivity contribution in [2.24, 2.45) is 0 Å². The molecule has 4 unspecified atom stereocenters. The lowest BCUT2D eigenvalue weighted by atomic mass is 10.0. The van der Waals surface area contributed by atoms with Gasteiger partial charge in [0, 0.05) is 12.0 Å². The normalized spacial score (nSPS) is 26.3. The third-order valence-corrected chi connectivity index (χ3v) is 5.14. The molecule has 1 aromatic heterocycles. The van der Waals surface area contributed by atoms with Gasteiger partial charge in [-0.3, -0.25) is 0 Å². The van der Waals surface area contributed by atoms with Crippen molar-refractivity contribution in [1.29, 1.82) is 0 Å². The van der Waals surface area contributed by atoms with Crippen molar-refractivity contribution in [2.45, 2.75) is 50.0 Å². The lowest BCUT2D eigenvalue weighted by Crippen LogP contribution is -2.49. The molecule has 1 aliphatic carbocycles. The molecule has 1 aromatic carbocycles. The number of nitrogens with zero attached hydrogens (tertiary/aromatic N) is 2. The average molecular weight is 437 g/mol. The van der Waals surface area contributed by atoms with E-state index in [2.05, 4.69) is 9.97 Å². The molecule has 1 saturated heterocycles. The topological polar surface area (TPSA) is 131 Å². The van der Waals surface area contributed by atoms with Crippen LogP contribution in [0.4, 0.5) is 0 Å². The molecule has 9 nitrogen and oxygen atoms in total. The first-order chi connectivity index (χ1) is 14.4. The maximum absolute atomic E-state index is 12.4. The van der Waals surface area contributed by atoms with Gasteiger partial charge in [0.15, 0.2) is 12.0 Å². The molecule has 0 amide bonds. The quantitative estimate of drug-likeness (QED) is 0.573. The average Bonchev–Trinajstić information content (AvgIpc) is 3.56. The number of ether oxygens (including phenoxy) is 3. The number of aliphatic hydroxyl groups excluding tert-OH is 3. The molecule has 2 aliphatic rings. The van der Waals surface area contributed by atoms with Crippen LogP contribution in [0.15, 0.2) is 30.6 Å². The zero-order valence-corrected chi connectivity index (χ0v) is 16.6. The Kier molecular flexibility index (Phi) is 6.16. The first kappa shape index (κ1) is 21.0. The number of aromatic nitrogens is 2. The number of esters is 1. The molecule has 2 heterocycles. The van der Waals surface area contributed by atoms with Crippen LogP contribution in [0.3, 0.4) is 0 Å². The van der Waals surface area contributed by atoms with Gasteiger partial charge in [0.2, 0.25) is 0 Å². The zero-order chi connectivity index (χ0) is 21.3. The van der Waals surface area contributed by atoms with Gasteiger partial charge in [0.05, 0.1) is 29.0 Å². The Bertz CT molecular complexity index is 912. The van der Waals surface area contributed by atoms with Gasteiger partial charge >= 0.3 is 5.97 Å². The molecule has 160 valence electrons. The van der Waals surface area contributed by atoms with E-state index in [4.69, 9.17) is 25.8 Å². The first-order valence-electron chi connectivity index (χ1n) is 9.56. The van der Waals surface area contributed by atoms with E-state index in [-0.39, 0.29) is 24.8 Å². The summed E-state index contributed by atoms with van der Waals surface area (Å²) in [5.41, 5.74) is 1.21. The van der Waals surface area contributed by atoms with Crippen LogP contribution in [-0.4, -0.2) is 68.6 Å². The second kappa shape index (κ2) is 8.83. The van der Waals surface area contributed by atoms with Gasteiger partial charge in [-0.2, -0.15) is 0 Å². The molecule has 1 aliphatic heterocycles. The van der Waals surface area contributed by atoms with E-state index in [1.165, 1.54) is 12.4 Å². The first-order valence-corrected chi connectivity index (χ1v) is 9.94. The van der Waals surface area contributed by atoms with Crippen LogP contribution >= 0.6 is 11.6 Å². The van der Waals surface area contributed by atoms with Crippen LogP contribution in [-0.2, 0) is 9.47 Å². The minimum Gasteiger partial charge on any atom is -0.489 e. The zero-order valence-electron chi connectivity index (χ0n) is 15.8. The number of aliphatic hydroxyl groups is 3. The maximum atomic E-state index is 12.4. The van der Waals surface area contributed by atoms with Crippen molar-refractivity contribution in [1.82, 2.24) is 9.97 Å². The molecule has 2 aromatic rings. The van der Waals surface area contributed by atoms with Crippen LogP contribution in [0.25, 0.3) is 11.3 Å². The fraction of sp³-hybridized carbons (Fsp3) is 0.450. The van der Waals surface area contributed by atoms with E-state index in [9.17, 15) is 20.1 Å². The Morgan fingerprint density at radius 1 is 1.20 bits per heavy atom. The number of carbonyl (C=O) groups excluding carboxylic acids is 1. The van der Waals surface area contributed by atoms with Crippen molar-refractivity contribution >= 4 is 17.6 Å². The molecule has 4 rings (SSSR count). The third kappa shape index (κ3) is 4.88. The summed E-state index contributed by atoms with van der Waals surface area (Å²) >= 11 is 6.29. The standard InChI is InChI=1S/C20H21ClN2O7/c21-13-5-10(1-4-17(13)29-11-2-3-11)14-7-15(23-9-22-14)19(26)28-8-12-6-16(24)18(25)20(27)30-12/h1,4-5,7,9,11-12,16,18,20,24-25,27H,2-3,6,8H2. The molecular weight excluding hydrogens is 416 g/mol. The summed E-state index contributed by atoms with van der Waals surface area (Å²) in [5, 5.41) is 29.2. The summed E-state index contributed by atoms with van der Waals surface area (Å²) in [4.78, 5) is 20.5. The third-order valence-electron chi connectivity index (χ3n) is 4.84. The summed E-state index contributed by atoms with van der Waals surface area (Å²) in [5.74, 6) is -0.101. The fourth-order valence-electron chi connectivity index (χ4n) is 3.03. The number of benzene rings is 1. The second-order valence-corrected chi connectivity index (χ2v) is 7.70. The summed E-state index contributed by atoms with van der Waals surface area (Å²) in [6.07, 6.45) is -1.30. The monoisotopic (exact) mass is 436 g/mol. The Morgan fingerprint density at radius 2 is 2.00 bits per heavy atom. The van der Waals surface area contributed by atoms with Gasteiger partial charge in [0.1, 0.15) is 24.8 Å². The Balaban J connectivity index is 1.40. The minimum atomic E-state index is -1.54. The number of rotatable bonds is 6. The maximum Gasteiger partial charge on any atom is 0.357 e. The van der Waals surface area contributed by atoms with E-state index in [0.717, 1.165) is 12.8 Å². The minimum absolute atomic E-state index is 0.0221. The van der Waals surface area contributed by atoms with Gasteiger partial charge in [-0.25, -0.2) is 14.8 Å². The lowest BCUT2D eigenvalue weighted by molar-refractivity contribution is -0.251. The highest BCUT2D eigenvalue weighted by atomic mass is 35.5. The van der Waals surface area contributed by atoms with Gasteiger partial charge in [-0.1, -0.05) is 11.6 Å². The second-order valence-electron chi connectivity index (χ2n) is 7.29. The molecule has 2 fully saturated rings. The Hall–Kier alpha value is -2.30. The number of hydrogen-bond acceptors (Lipinski definition) is 9. The van der Waals surface area contributed by atoms with Crippen LogP contribution < -0.4 is 4.74 Å². The molecule has 0 spiro atoms. The highest BCUT2D eigenvalue weighted by Crippen LogP contribution is 2.34. The largest absolute Gasteiger partial charge is 0.489 e. The van der Waals surface area contributed by atoms with Crippen molar-refractivity contribution in [3.8, 4) is 17.0 Å². The van der Waals surface area contributed by atoms with Gasteiger partial charge in [0.25, 0.3) is 0 Å². The van der Waals surface area contributed by atoms with E-state index in [1.54, 1.807) is 18.2 Å². The molecule has 4 atom stereocenters. The molecule has 3 N–H and O–H groups in total. The van der Waals surface area contributed by atoms with E-state index in [0.29, 0.717) is 22.0 Å². The smallest absolute Gasteiger partial charge is 0.357 e.